The first-order chi connectivity index (χ1) is 15.8. The van der Waals surface area contributed by atoms with Crippen LogP contribution in [0.15, 0.2) is 48.5 Å². The Morgan fingerprint density at radius 2 is 1.52 bits per heavy atom. The number of carbonyl (C=O) groups is 4. The number of imide groups is 1. The lowest BCUT2D eigenvalue weighted by atomic mass is 9.81. The first-order valence-electron chi connectivity index (χ1n) is 10.8. The summed E-state index contributed by atoms with van der Waals surface area (Å²) >= 11 is 7.36. The molecule has 0 N–H and O–H groups in total. The molecule has 2 aromatic carbocycles. The summed E-state index contributed by atoms with van der Waals surface area (Å²) in [6.07, 6.45) is 0.831. The normalized spacial score (nSPS) is 30.0. The molecule has 0 spiro atoms. The van der Waals surface area contributed by atoms with Crippen molar-refractivity contribution in [1.82, 2.24) is 0 Å². The van der Waals surface area contributed by atoms with Gasteiger partial charge in [-0.05, 0) is 37.3 Å². The molecule has 1 heterocycles. The molecule has 2 amide bonds. The Labute approximate surface area is 207 Å². The van der Waals surface area contributed by atoms with E-state index in [9.17, 15) is 19.2 Å². The molecular formula is C25H21Br2NO5. The zero-order valence-corrected chi connectivity index (χ0v) is 20.9. The van der Waals surface area contributed by atoms with Crippen molar-refractivity contribution in [3.05, 3.63) is 65.2 Å². The van der Waals surface area contributed by atoms with E-state index in [1.165, 1.54) is 6.07 Å². The van der Waals surface area contributed by atoms with Gasteiger partial charge in [-0.2, -0.15) is 0 Å². The van der Waals surface area contributed by atoms with E-state index in [0.717, 1.165) is 16.9 Å². The second-order valence-corrected chi connectivity index (χ2v) is 11.0. The minimum atomic E-state index is -0.747. The predicted octanol–water partition coefficient (Wildman–Crippen LogP) is 4.32. The van der Waals surface area contributed by atoms with Gasteiger partial charge in [-0.25, -0.2) is 9.69 Å². The summed E-state index contributed by atoms with van der Waals surface area (Å²) in [5, 5.41) is 0. The first-order valence-corrected chi connectivity index (χ1v) is 12.6. The summed E-state index contributed by atoms with van der Waals surface area (Å²) in [6, 6.07) is 13.4. The highest BCUT2D eigenvalue weighted by molar-refractivity contribution is 9.12. The third kappa shape index (κ3) is 3.58. The van der Waals surface area contributed by atoms with Crippen LogP contribution in [-0.2, 0) is 14.3 Å². The molecule has 3 fully saturated rings. The molecule has 3 aliphatic rings. The summed E-state index contributed by atoms with van der Waals surface area (Å²) < 4.78 is 5.28. The molecule has 0 radical (unpaired) electrons. The maximum absolute atomic E-state index is 13.4. The summed E-state index contributed by atoms with van der Waals surface area (Å²) in [7, 11) is 0. The monoisotopic (exact) mass is 573 g/mol. The largest absolute Gasteiger partial charge is 0.454 e. The Kier molecular flexibility index (Phi) is 5.77. The van der Waals surface area contributed by atoms with Crippen molar-refractivity contribution in [2.45, 2.75) is 23.0 Å². The van der Waals surface area contributed by atoms with E-state index < -0.39 is 12.6 Å². The maximum Gasteiger partial charge on any atom is 0.340 e. The molecule has 0 unspecified atom stereocenters. The molecule has 5 rings (SSSR count). The van der Waals surface area contributed by atoms with Gasteiger partial charge in [0, 0.05) is 15.2 Å². The Balaban J connectivity index is 1.37. The van der Waals surface area contributed by atoms with Gasteiger partial charge in [0.15, 0.2) is 12.4 Å². The number of halogens is 2. The lowest BCUT2D eigenvalue weighted by Gasteiger charge is -2.28. The van der Waals surface area contributed by atoms with Crippen LogP contribution in [0.2, 0.25) is 0 Å². The van der Waals surface area contributed by atoms with Crippen LogP contribution in [0.1, 0.15) is 32.7 Å². The van der Waals surface area contributed by atoms with Gasteiger partial charge in [0.2, 0.25) is 11.8 Å². The number of ketones is 1. The van der Waals surface area contributed by atoms with Crippen molar-refractivity contribution >= 4 is 61.1 Å². The topological polar surface area (TPSA) is 80.8 Å². The van der Waals surface area contributed by atoms with Crippen LogP contribution in [0.3, 0.4) is 0 Å². The highest BCUT2D eigenvalue weighted by atomic mass is 79.9. The third-order valence-corrected chi connectivity index (χ3v) is 10.3. The van der Waals surface area contributed by atoms with E-state index in [1.54, 1.807) is 30.3 Å². The molecule has 33 heavy (non-hydrogen) atoms. The van der Waals surface area contributed by atoms with Crippen LogP contribution in [0.5, 0.6) is 0 Å². The second kappa shape index (κ2) is 8.47. The summed E-state index contributed by atoms with van der Waals surface area (Å²) in [6.45, 7) is 1.49. The number of esters is 1. The lowest BCUT2D eigenvalue weighted by Crippen LogP contribution is -2.37. The Morgan fingerprint density at radius 3 is 2.12 bits per heavy atom. The molecule has 2 aromatic rings. The number of carbonyl (C=O) groups excluding carboxylic acids is 4. The van der Waals surface area contributed by atoms with Crippen molar-refractivity contribution in [2.24, 2.45) is 23.7 Å². The molecule has 170 valence electrons. The average Bonchev–Trinajstić information content (AvgIpc) is 3.42. The van der Waals surface area contributed by atoms with Crippen LogP contribution < -0.4 is 4.90 Å². The number of benzene rings is 2. The van der Waals surface area contributed by atoms with E-state index in [0.29, 0.717) is 5.56 Å². The summed E-state index contributed by atoms with van der Waals surface area (Å²) in [5.74, 6) is -2.21. The van der Waals surface area contributed by atoms with Crippen LogP contribution in [0, 0.1) is 30.6 Å². The molecule has 2 bridgehead atoms. The van der Waals surface area contributed by atoms with Crippen molar-refractivity contribution in [3.8, 4) is 0 Å². The van der Waals surface area contributed by atoms with Gasteiger partial charge in [0.1, 0.15) is 0 Å². The number of rotatable bonds is 5. The molecule has 6 atom stereocenters. The Morgan fingerprint density at radius 1 is 0.939 bits per heavy atom. The number of amides is 2. The van der Waals surface area contributed by atoms with Crippen molar-refractivity contribution < 1.29 is 23.9 Å². The number of hydrogen-bond donors (Lipinski definition) is 0. The molecule has 8 heteroatoms. The Hall–Kier alpha value is -2.32. The van der Waals surface area contributed by atoms with Crippen LogP contribution >= 0.6 is 31.9 Å². The van der Waals surface area contributed by atoms with E-state index in [1.807, 2.05) is 19.1 Å². The van der Waals surface area contributed by atoms with E-state index >= 15 is 0 Å². The van der Waals surface area contributed by atoms with Crippen LogP contribution in [0.25, 0.3) is 0 Å². The van der Waals surface area contributed by atoms with E-state index in [-0.39, 0.29) is 62.2 Å². The van der Waals surface area contributed by atoms with Gasteiger partial charge in [-0.3, -0.25) is 14.4 Å². The molecule has 6 nitrogen and oxygen atoms in total. The lowest BCUT2D eigenvalue weighted by molar-refractivity contribution is -0.123. The fourth-order valence-electron chi connectivity index (χ4n) is 5.46. The third-order valence-electron chi connectivity index (χ3n) is 7.06. The van der Waals surface area contributed by atoms with E-state index in [4.69, 9.17) is 4.74 Å². The van der Waals surface area contributed by atoms with Gasteiger partial charge >= 0.3 is 5.97 Å². The SMILES string of the molecule is Cc1ccc(C(=O)COC(=O)c2ccccc2N2C(=O)[C@@H]3[C@H]4C[C@@H]([C@@H](Br)[C@H]4Br)[C@H]3C2=O)cc1. The number of para-hydroxylation sites is 1. The number of Topliss-reactive ketones (excluding diaryl/α,β-unsaturated/α-hetero) is 1. The molecule has 1 aliphatic heterocycles. The van der Waals surface area contributed by atoms with Crippen molar-refractivity contribution in [2.75, 3.05) is 11.5 Å². The number of aryl methyl sites for hydroxylation is 1. The number of hydrogen-bond acceptors (Lipinski definition) is 5. The standard InChI is InChI=1S/C25H21Br2NO5/c1-12-6-8-13(9-7-12)18(29)11-33-25(32)14-4-2-3-5-17(14)28-23(30)19-15-10-16(20(19)24(28)31)22(27)21(15)26/h2-9,15-16,19-22H,10-11H2,1H3/t15-,16-,19-,20-,21-,22+/m1/s1. The number of anilines is 1. The fraction of sp³-hybridized carbons (Fsp3) is 0.360. The quantitative estimate of drug-likeness (QED) is 0.230. The van der Waals surface area contributed by atoms with Gasteiger partial charge in [-0.1, -0.05) is 73.8 Å². The average molecular weight is 575 g/mol. The highest BCUT2D eigenvalue weighted by Crippen LogP contribution is 2.60. The van der Waals surface area contributed by atoms with Crippen LogP contribution in [0.4, 0.5) is 5.69 Å². The van der Waals surface area contributed by atoms with Crippen molar-refractivity contribution in [1.29, 1.82) is 0 Å². The molecule has 1 saturated heterocycles. The van der Waals surface area contributed by atoms with Gasteiger partial charge in [0.25, 0.3) is 0 Å². The number of alkyl halides is 2. The maximum atomic E-state index is 13.4. The van der Waals surface area contributed by atoms with E-state index in [2.05, 4.69) is 31.9 Å². The minimum Gasteiger partial charge on any atom is -0.454 e. The van der Waals surface area contributed by atoms with Gasteiger partial charge in [0.05, 0.1) is 23.1 Å². The second-order valence-electron chi connectivity index (χ2n) is 8.90. The fourth-order valence-corrected chi connectivity index (χ4v) is 7.33. The Bertz CT molecular complexity index is 1130. The zero-order valence-electron chi connectivity index (χ0n) is 17.7. The number of fused-ring (bicyclic) bond motifs is 5. The summed E-state index contributed by atoms with van der Waals surface area (Å²) in [4.78, 5) is 53.4. The first kappa shape index (κ1) is 22.5. The zero-order chi connectivity index (χ0) is 23.4. The molecule has 0 aromatic heterocycles. The number of nitrogens with zero attached hydrogens (tertiary/aromatic N) is 1. The summed E-state index contributed by atoms with van der Waals surface area (Å²) in [5.41, 5.74) is 1.77. The molecular weight excluding hydrogens is 554 g/mol. The van der Waals surface area contributed by atoms with Crippen LogP contribution in [-0.4, -0.2) is 39.8 Å². The minimum absolute atomic E-state index is 0.0806. The van der Waals surface area contributed by atoms with Crippen molar-refractivity contribution in [3.63, 3.8) is 0 Å². The highest BCUT2D eigenvalue weighted by Gasteiger charge is 2.66. The van der Waals surface area contributed by atoms with Gasteiger partial charge < -0.3 is 4.74 Å². The molecule has 2 aliphatic carbocycles. The molecule has 2 saturated carbocycles. The number of ether oxygens (including phenoxy) is 1. The predicted molar refractivity (Wildman–Crippen MR) is 129 cm³/mol. The smallest absolute Gasteiger partial charge is 0.340 e. The van der Waals surface area contributed by atoms with Gasteiger partial charge in [-0.15, -0.1) is 0 Å².